The highest BCUT2D eigenvalue weighted by Crippen LogP contribution is 2.40. The van der Waals surface area contributed by atoms with Gasteiger partial charge in [0.2, 0.25) is 0 Å². The fraction of sp³-hybridized carbons (Fsp3) is 0.359. The Kier molecular flexibility index (Phi) is 9.99. The second kappa shape index (κ2) is 15.0. The first-order valence-electron chi connectivity index (χ1n) is 16.6. The molecule has 2 atom stereocenters. The lowest BCUT2D eigenvalue weighted by atomic mass is 10.1. The zero-order valence-electron chi connectivity index (χ0n) is 26.5. The summed E-state index contributed by atoms with van der Waals surface area (Å²) < 4.78 is 27.8. The van der Waals surface area contributed by atoms with Crippen LogP contribution in [0.15, 0.2) is 84.9 Å². The Bertz CT molecular complexity index is 1640. The maximum Gasteiger partial charge on any atom is 0.343 e. The van der Waals surface area contributed by atoms with E-state index in [4.69, 9.17) is 33.5 Å². The summed E-state index contributed by atoms with van der Waals surface area (Å²) in [7, 11) is 0. The van der Waals surface area contributed by atoms with Gasteiger partial charge in [0, 0.05) is 0 Å². The number of rotatable bonds is 18. The van der Waals surface area contributed by atoms with Gasteiger partial charge in [-0.15, -0.1) is 0 Å². The third kappa shape index (κ3) is 8.92. The van der Waals surface area contributed by atoms with E-state index in [0.717, 1.165) is 91.1 Å². The Morgan fingerprint density at radius 2 is 1.17 bits per heavy atom. The Labute approximate surface area is 275 Å². The second-order valence-electron chi connectivity index (χ2n) is 12.3. The monoisotopic (exact) mass is 636 g/mol. The van der Waals surface area contributed by atoms with Crippen LogP contribution in [0.4, 0.5) is 0 Å². The van der Waals surface area contributed by atoms with Crippen LogP contribution in [0.25, 0.3) is 11.1 Å². The van der Waals surface area contributed by atoms with E-state index < -0.39 is 5.97 Å². The van der Waals surface area contributed by atoms with Crippen molar-refractivity contribution in [1.29, 1.82) is 0 Å². The van der Waals surface area contributed by atoms with E-state index in [1.54, 1.807) is 12.1 Å². The quantitative estimate of drug-likeness (QED) is 0.0240. The average molecular weight is 637 g/mol. The van der Waals surface area contributed by atoms with Crippen LogP contribution >= 0.6 is 0 Å². The highest BCUT2D eigenvalue weighted by Gasteiger charge is 2.22. The zero-order chi connectivity index (χ0) is 31.8. The largest absolute Gasteiger partial charge is 0.494 e. The maximum absolute atomic E-state index is 12.8. The third-order valence-electron chi connectivity index (χ3n) is 8.61. The highest BCUT2D eigenvalue weighted by molar-refractivity contribution is 5.91. The normalized spacial score (nSPS) is 17.0. The third-order valence-corrected chi connectivity index (χ3v) is 8.61. The van der Waals surface area contributed by atoms with Crippen LogP contribution in [0.3, 0.4) is 0 Å². The maximum atomic E-state index is 12.8. The molecule has 4 aromatic rings. The Balaban J connectivity index is 0.847. The molecule has 8 heteroatoms. The number of benzene rings is 4. The van der Waals surface area contributed by atoms with Gasteiger partial charge in [-0.1, -0.05) is 24.3 Å². The highest BCUT2D eigenvalue weighted by atomic mass is 17.2. The van der Waals surface area contributed by atoms with Crippen LogP contribution in [0.1, 0.15) is 65.6 Å². The molecule has 1 aliphatic carbocycles. The van der Waals surface area contributed by atoms with Gasteiger partial charge < -0.3 is 28.6 Å². The number of carbonyl (C=O) groups excluding carboxylic acids is 1. The summed E-state index contributed by atoms with van der Waals surface area (Å²) in [5, 5.41) is 0. The summed E-state index contributed by atoms with van der Waals surface area (Å²) in [4.78, 5) is 24.0. The molecule has 0 radical (unpaired) electrons. The first-order valence-corrected chi connectivity index (χ1v) is 16.6. The van der Waals surface area contributed by atoms with Crippen molar-refractivity contribution in [3.05, 3.63) is 107 Å². The van der Waals surface area contributed by atoms with E-state index in [0.29, 0.717) is 55.5 Å². The molecule has 0 N–H and O–H groups in total. The van der Waals surface area contributed by atoms with Crippen molar-refractivity contribution >= 4 is 5.97 Å². The van der Waals surface area contributed by atoms with Crippen LogP contribution in [0.5, 0.6) is 23.0 Å². The van der Waals surface area contributed by atoms with Gasteiger partial charge in [0.1, 0.15) is 23.9 Å². The fourth-order valence-electron chi connectivity index (χ4n) is 5.78. The van der Waals surface area contributed by atoms with E-state index in [1.165, 1.54) is 0 Å². The Morgan fingerprint density at radius 3 is 1.77 bits per heavy atom. The SMILES string of the molecule is O=C(Oc1ccc2c(c1)Cc1cc(OOCc3ccc(OCCCCC4CO4)cc3)ccc1-2)c1ccc(OCCCCC2CO2)cc1. The molecule has 3 aliphatic rings. The molecule has 2 heterocycles. The molecule has 2 unspecified atom stereocenters. The van der Waals surface area contributed by atoms with Crippen molar-refractivity contribution < 1.29 is 38.3 Å². The lowest BCUT2D eigenvalue weighted by Crippen LogP contribution is -2.08. The predicted molar refractivity (Wildman–Crippen MR) is 176 cm³/mol. The van der Waals surface area contributed by atoms with Crippen molar-refractivity contribution in [2.75, 3.05) is 26.4 Å². The molecule has 2 fully saturated rings. The zero-order valence-corrected chi connectivity index (χ0v) is 26.5. The fourth-order valence-corrected chi connectivity index (χ4v) is 5.78. The van der Waals surface area contributed by atoms with Crippen molar-refractivity contribution in [2.24, 2.45) is 0 Å². The molecular formula is C39H40O8. The number of ether oxygens (including phenoxy) is 5. The number of unbranched alkanes of at least 4 members (excludes halogenated alkanes) is 2. The minimum Gasteiger partial charge on any atom is -0.494 e. The van der Waals surface area contributed by atoms with Gasteiger partial charge in [-0.3, -0.25) is 0 Å². The summed E-state index contributed by atoms with van der Waals surface area (Å²) in [6.45, 7) is 3.50. The minimum atomic E-state index is -0.401. The molecule has 244 valence electrons. The standard InChI is InChI=1S/C39H40O8/c40-39(28-9-13-32(14-10-28)42-20-4-2-6-36-26-44-36)46-33-15-17-37-29(22-33)21-30-23-34(16-18-38(30)37)47-45-24-27-7-11-31(12-8-27)41-19-3-1-5-35-25-43-35/h7-18,22-23,35-36H,1-6,19-21,24-26H2. The summed E-state index contributed by atoms with van der Waals surface area (Å²) >= 11 is 0. The molecule has 47 heavy (non-hydrogen) atoms. The molecule has 0 bridgehead atoms. The van der Waals surface area contributed by atoms with Crippen molar-refractivity contribution in [3.63, 3.8) is 0 Å². The van der Waals surface area contributed by atoms with Crippen LogP contribution in [-0.2, 0) is 27.4 Å². The van der Waals surface area contributed by atoms with Crippen molar-refractivity contribution in [1.82, 2.24) is 0 Å². The first kappa shape index (κ1) is 31.2. The van der Waals surface area contributed by atoms with E-state index in [1.807, 2.05) is 72.8 Å². The number of epoxide rings is 2. The smallest absolute Gasteiger partial charge is 0.343 e. The molecule has 2 saturated heterocycles. The van der Waals surface area contributed by atoms with Crippen molar-refractivity contribution in [2.45, 2.75) is 63.8 Å². The van der Waals surface area contributed by atoms with Gasteiger partial charge in [-0.25, -0.2) is 4.79 Å². The van der Waals surface area contributed by atoms with Crippen molar-refractivity contribution in [3.8, 4) is 34.1 Å². The molecular weight excluding hydrogens is 596 g/mol. The molecule has 8 nitrogen and oxygen atoms in total. The van der Waals surface area contributed by atoms with Crippen LogP contribution in [0.2, 0.25) is 0 Å². The van der Waals surface area contributed by atoms with Gasteiger partial charge in [-0.05, 0) is 133 Å². The van der Waals surface area contributed by atoms with E-state index >= 15 is 0 Å². The molecule has 7 rings (SSSR count). The van der Waals surface area contributed by atoms with Gasteiger partial charge in [-0.2, -0.15) is 4.89 Å². The van der Waals surface area contributed by atoms with Gasteiger partial charge >= 0.3 is 5.97 Å². The summed E-state index contributed by atoms with van der Waals surface area (Å²) in [6, 6.07) is 26.7. The average Bonchev–Trinajstić information content (AvgIpc) is 4.04. The van der Waals surface area contributed by atoms with Gasteiger partial charge in [0.15, 0.2) is 5.75 Å². The number of carbonyl (C=O) groups is 1. The van der Waals surface area contributed by atoms with E-state index in [2.05, 4.69) is 0 Å². The molecule has 4 aromatic carbocycles. The van der Waals surface area contributed by atoms with Crippen LogP contribution in [-0.4, -0.2) is 44.6 Å². The molecule has 2 aliphatic heterocycles. The summed E-state index contributed by atoms with van der Waals surface area (Å²) in [5.41, 5.74) is 5.96. The predicted octanol–water partition coefficient (Wildman–Crippen LogP) is 7.88. The summed E-state index contributed by atoms with van der Waals surface area (Å²) in [5.74, 6) is 2.35. The van der Waals surface area contributed by atoms with Crippen LogP contribution in [0, 0.1) is 0 Å². The second-order valence-corrected chi connectivity index (χ2v) is 12.3. The number of hydrogen-bond donors (Lipinski definition) is 0. The molecule has 0 spiro atoms. The van der Waals surface area contributed by atoms with E-state index in [9.17, 15) is 4.79 Å². The Hall–Kier alpha value is -4.37. The van der Waals surface area contributed by atoms with Gasteiger partial charge in [0.05, 0.1) is 44.2 Å². The minimum absolute atomic E-state index is 0.319. The van der Waals surface area contributed by atoms with E-state index in [-0.39, 0.29) is 0 Å². The molecule has 0 aromatic heterocycles. The number of fused-ring (bicyclic) bond motifs is 3. The molecule has 0 amide bonds. The number of esters is 1. The van der Waals surface area contributed by atoms with Crippen LogP contribution < -0.4 is 19.1 Å². The Morgan fingerprint density at radius 1 is 0.638 bits per heavy atom. The molecule has 0 saturated carbocycles. The number of hydrogen-bond acceptors (Lipinski definition) is 8. The summed E-state index contributed by atoms with van der Waals surface area (Å²) in [6.07, 6.45) is 8.11. The lowest BCUT2D eigenvalue weighted by molar-refractivity contribution is -0.217. The topological polar surface area (TPSA) is 88.3 Å². The van der Waals surface area contributed by atoms with Gasteiger partial charge in [0.25, 0.3) is 0 Å². The lowest BCUT2D eigenvalue weighted by Gasteiger charge is -2.09. The first-order chi connectivity index (χ1) is 23.2.